The van der Waals surface area contributed by atoms with Crippen LogP contribution < -0.4 is 4.74 Å². The molecule has 0 amide bonds. The first-order chi connectivity index (χ1) is 10.7. The number of benzene rings is 2. The zero-order valence-corrected chi connectivity index (χ0v) is 13.3. The molecule has 1 aliphatic rings. The number of methoxy groups -OCH3 is 1. The van der Waals surface area contributed by atoms with E-state index in [1.165, 1.54) is 5.57 Å². The van der Waals surface area contributed by atoms with E-state index in [0.29, 0.717) is 0 Å². The number of rotatable bonds is 3. The van der Waals surface area contributed by atoms with Crippen molar-refractivity contribution in [3.05, 3.63) is 76.8 Å². The molecule has 1 fully saturated rings. The van der Waals surface area contributed by atoms with Gasteiger partial charge in [0.25, 0.3) is 0 Å². The van der Waals surface area contributed by atoms with Gasteiger partial charge in [-0.2, -0.15) is 0 Å². The Bertz CT molecular complexity index is 646. The van der Waals surface area contributed by atoms with E-state index < -0.39 is 0 Å². The molecule has 114 valence electrons. The Morgan fingerprint density at radius 3 is 1.95 bits per heavy atom. The Morgan fingerprint density at radius 1 is 0.955 bits per heavy atom. The molecule has 0 aliphatic carbocycles. The van der Waals surface area contributed by atoms with Crippen LogP contribution in [-0.4, -0.2) is 7.11 Å². The number of hydrogen-bond acceptors (Lipinski definition) is 2. The molecule has 2 aromatic rings. The van der Waals surface area contributed by atoms with Crippen molar-refractivity contribution in [2.45, 2.75) is 25.0 Å². The van der Waals surface area contributed by atoms with E-state index in [-0.39, 0.29) is 12.2 Å². The predicted octanol–water partition coefficient (Wildman–Crippen LogP) is 5.50. The fraction of sp³-hybridized carbons (Fsp3) is 0.263. The molecule has 1 aliphatic heterocycles. The van der Waals surface area contributed by atoms with Crippen LogP contribution in [0, 0.1) is 0 Å². The molecule has 22 heavy (non-hydrogen) atoms. The van der Waals surface area contributed by atoms with Gasteiger partial charge in [-0.15, -0.1) is 0 Å². The minimum absolute atomic E-state index is 0.0330. The molecular formula is C19H19ClO2. The quantitative estimate of drug-likeness (QED) is 0.697. The monoisotopic (exact) mass is 314 g/mol. The summed E-state index contributed by atoms with van der Waals surface area (Å²) in [6.07, 6.45) is 1.78. The Hall–Kier alpha value is -1.77. The van der Waals surface area contributed by atoms with Crippen LogP contribution in [0.4, 0.5) is 0 Å². The summed E-state index contributed by atoms with van der Waals surface area (Å²) in [5.74, 6) is 0.854. The summed E-state index contributed by atoms with van der Waals surface area (Å²) < 4.78 is 11.5. The van der Waals surface area contributed by atoms with Gasteiger partial charge in [-0.3, -0.25) is 0 Å². The van der Waals surface area contributed by atoms with Gasteiger partial charge in [-0.05, 0) is 48.2 Å². The molecule has 0 spiro atoms. The fourth-order valence-electron chi connectivity index (χ4n) is 2.79. The van der Waals surface area contributed by atoms with Gasteiger partial charge in [0.2, 0.25) is 0 Å². The first kappa shape index (κ1) is 15.1. The second kappa shape index (κ2) is 6.55. The Kier molecular flexibility index (Phi) is 4.51. The molecule has 3 rings (SSSR count). The van der Waals surface area contributed by atoms with E-state index >= 15 is 0 Å². The van der Waals surface area contributed by atoms with Crippen molar-refractivity contribution in [3.63, 3.8) is 0 Å². The summed E-state index contributed by atoms with van der Waals surface area (Å²) in [5.41, 5.74) is 3.51. The van der Waals surface area contributed by atoms with Gasteiger partial charge >= 0.3 is 0 Å². The predicted molar refractivity (Wildman–Crippen MR) is 89.4 cm³/mol. The highest BCUT2D eigenvalue weighted by molar-refractivity contribution is 6.30. The maximum Gasteiger partial charge on any atom is 0.118 e. The van der Waals surface area contributed by atoms with Crippen molar-refractivity contribution < 1.29 is 9.47 Å². The normalized spacial score (nSPS) is 21.6. The van der Waals surface area contributed by atoms with Gasteiger partial charge in [-0.25, -0.2) is 0 Å². The summed E-state index contributed by atoms with van der Waals surface area (Å²) in [6.45, 7) is 4.19. The SMILES string of the molecule is C=C1C[C@@H](c2ccc(Cl)cc2)O[C@@H](c2ccc(OC)cc2)C1. The van der Waals surface area contributed by atoms with E-state index in [1.807, 2.05) is 36.4 Å². The Labute approximate surface area is 136 Å². The third-order valence-corrected chi connectivity index (χ3v) is 4.26. The van der Waals surface area contributed by atoms with Crippen LogP contribution in [-0.2, 0) is 4.74 Å². The van der Waals surface area contributed by atoms with Crippen molar-refractivity contribution in [2.24, 2.45) is 0 Å². The van der Waals surface area contributed by atoms with Crippen molar-refractivity contribution in [3.8, 4) is 5.75 Å². The van der Waals surface area contributed by atoms with Gasteiger partial charge in [0.05, 0.1) is 19.3 Å². The highest BCUT2D eigenvalue weighted by Crippen LogP contribution is 2.41. The summed E-state index contributed by atoms with van der Waals surface area (Å²) in [5, 5.41) is 0.741. The number of hydrogen-bond donors (Lipinski definition) is 0. The highest BCUT2D eigenvalue weighted by Gasteiger charge is 2.26. The topological polar surface area (TPSA) is 18.5 Å². The zero-order chi connectivity index (χ0) is 15.5. The van der Waals surface area contributed by atoms with Crippen molar-refractivity contribution in [1.29, 1.82) is 0 Å². The molecule has 0 N–H and O–H groups in total. The first-order valence-corrected chi connectivity index (χ1v) is 7.75. The van der Waals surface area contributed by atoms with Crippen LogP contribution in [0.2, 0.25) is 5.02 Å². The van der Waals surface area contributed by atoms with E-state index in [4.69, 9.17) is 21.1 Å². The molecule has 0 unspecified atom stereocenters. The standard InChI is InChI=1S/C19H19ClO2/c1-13-11-18(14-3-7-16(20)8-4-14)22-19(12-13)15-5-9-17(21-2)10-6-15/h3-10,18-19H,1,11-12H2,2H3/t18-,19+/m0/s1. The van der Waals surface area contributed by atoms with Crippen molar-refractivity contribution >= 4 is 11.6 Å². The summed E-state index contributed by atoms with van der Waals surface area (Å²) >= 11 is 5.96. The van der Waals surface area contributed by atoms with Crippen LogP contribution in [0.1, 0.15) is 36.2 Å². The second-order valence-electron chi connectivity index (χ2n) is 5.60. The van der Waals surface area contributed by atoms with Crippen LogP contribution in [0.15, 0.2) is 60.7 Å². The minimum atomic E-state index is 0.0330. The van der Waals surface area contributed by atoms with Crippen molar-refractivity contribution in [2.75, 3.05) is 7.11 Å². The Balaban J connectivity index is 1.80. The maximum atomic E-state index is 6.30. The fourth-order valence-corrected chi connectivity index (χ4v) is 2.92. The molecule has 0 aromatic heterocycles. The van der Waals surface area contributed by atoms with Crippen LogP contribution in [0.25, 0.3) is 0 Å². The van der Waals surface area contributed by atoms with E-state index in [2.05, 4.69) is 18.7 Å². The molecular weight excluding hydrogens is 296 g/mol. The lowest BCUT2D eigenvalue weighted by Gasteiger charge is -2.32. The first-order valence-electron chi connectivity index (χ1n) is 7.37. The third kappa shape index (κ3) is 3.34. The van der Waals surface area contributed by atoms with E-state index in [1.54, 1.807) is 7.11 Å². The van der Waals surface area contributed by atoms with Crippen LogP contribution >= 0.6 is 11.6 Å². The molecule has 0 saturated carbocycles. The molecule has 2 nitrogen and oxygen atoms in total. The largest absolute Gasteiger partial charge is 0.497 e. The Morgan fingerprint density at radius 2 is 1.45 bits per heavy atom. The lowest BCUT2D eigenvalue weighted by atomic mass is 9.92. The summed E-state index contributed by atoms with van der Waals surface area (Å²) in [4.78, 5) is 0. The molecule has 2 atom stereocenters. The lowest BCUT2D eigenvalue weighted by molar-refractivity contribution is -0.0345. The van der Waals surface area contributed by atoms with Crippen molar-refractivity contribution in [1.82, 2.24) is 0 Å². The zero-order valence-electron chi connectivity index (χ0n) is 12.6. The highest BCUT2D eigenvalue weighted by atomic mass is 35.5. The van der Waals surface area contributed by atoms with Gasteiger partial charge in [0.15, 0.2) is 0 Å². The molecule has 3 heteroatoms. The van der Waals surface area contributed by atoms with E-state index in [0.717, 1.165) is 34.7 Å². The van der Waals surface area contributed by atoms with Crippen LogP contribution in [0.3, 0.4) is 0 Å². The molecule has 1 saturated heterocycles. The van der Waals surface area contributed by atoms with Gasteiger partial charge in [0, 0.05) is 5.02 Å². The van der Waals surface area contributed by atoms with Gasteiger partial charge in [0.1, 0.15) is 5.75 Å². The second-order valence-corrected chi connectivity index (χ2v) is 6.03. The molecule has 1 heterocycles. The molecule has 2 aromatic carbocycles. The number of halogens is 1. The maximum absolute atomic E-state index is 6.30. The lowest BCUT2D eigenvalue weighted by Crippen LogP contribution is -2.17. The van der Waals surface area contributed by atoms with Crippen LogP contribution in [0.5, 0.6) is 5.75 Å². The van der Waals surface area contributed by atoms with Gasteiger partial charge in [-0.1, -0.05) is 48.0 Å². The molecule has 0 bridgehead atoms. The number of ether oxygens (including phenoxy) is 2. The minimum Gasteiger partial charge on any atom is -0.497 e. The summed E-state index contributed by atoms with van der Waals surface area (Å²) in [6, 6.07) is 15.9. The smallest absolute Gasteiger partial charge is 0.118 e. The average molecular weight is 315 g/mol. The van der Waals surface area contributed by atoms with Gasteiger partial charge < -0.3 is 9.47 Å². The third-order valence-electron chi connectivity index (χ3n) is 4.01. The average Bonchev–Trinajstić information content (AvgIpc) is 2.55. The summed E-state index contributed by atoms with van der Waals surface area (Å²) in [7, 11) is 1.67. The molecule has 0 radical (unpaired) electrons. The van der Waals surface area contributed by atoms with E-state index in [9.17, 15) is 0 Å².